The Morgan fingerprint density at radius 3 is 2.45 bits per heavy atom. The van der Waals surface area contributed by atoms with Crippen LogP contribution in [0.25, 0.3) is 5.76 Å². The molecule has 1 N–H and O–H groups in total. The Labute approximate surface area is 195 Å². The largest absolute Gasteiger partial charge is 0.507 e. The van der Waals surface area contributed by atoms with Crippen molar-refractivity contribution in [2.45, 2.75) is 19.9 Å². The molecule has 0 radical (unpaired) electrons. The molecule has 1 saturated heterocycles. The van der Waals surface area contributed by atoms with Crippen LogP contribution in [-0.2, 0) is 9.59 Å². The van der Waals surface area contributed by atoms with Crippen LogP contribution in [0.3, 0.4) is 0 Å². The molecule has 0 aromatic heterocycles. The number of Topliss-reactive ketones (excluding diaryl/α,β-unsaturated/α-hetero) is 1. The standard InChI is InChI=1S/C26H21ClFNO4/c1-3-33-18-12-13-21(27)20(14-18)24(30)22-23(19-7-5-4-6-15(19)2)29(26(32)25(22)31)17-10-8-16(28)9-11-17/h4-14,23,30H,3H2,1-2H3/b24-22+. The lowest BCUT2D eigenvalue weighted by Crippen LogP contribution is -2.29. The molecule has 3 aromatic rings. The van der Waals surface area contributed by atoms with E-state index in [2.05, 4.69) is 0 Å². The Morgan fingerprint density at radius 2 is 1.79 bits per heavy atom. The van der Waals surface area contributed by atoms with E-state index in [-0.39, 0.29) is 16.2 Å². The van der Waals surface area contributed by atoms with Gasteiger partial charge in [0.15, 0.2) is 0 Å². The summed E-state index contributed by atoms with van der Waals surface area (Å²) in [6.45, 7) is 4.07. The maximum Gasteiger partial charge on any atom is 0.300 e. The molecule has 0 aliphatic carbocycles. The molecule has 5 nitrogen and oxygen atoms in total. The summed E-state index contributed by atoms with van der Waals surface area (Å²) in [5.74, 6) is -2.10. The molecule has 1 fully saturated rings. The van der Waals surface area contributed by atoms with Gasteiger partial charge in [0.2, 0.25) is 0 Å². The van der Waals surface area contributed by atoms with Gasteiger partial charge in [0, 0.05) is 11.3 Å². The van der Waals surface area contributed by atoms with Gasteiger partial charge in [-0.25, -0.2) is 4.39 Å². The quantitative estimate of drug-likeness (QED) is 0.293. The van der Waals surface area contributed by atoms with E-state index in [1.165, 1.54) is 35.2 Å². The minimum atomic E-state index is -0.927. The highest BCUT2D eigenvalue weighted by Gasteiger charge is 2.47. The topological polar surface area (TPSA) is 66.8 Å². The van der Waals surface area contributed by atoms with Crippen LogP contribution in [0.15, 0.2) is 72.3 Å². The van der Waals surface area contributed by atoms with Crippen molar-refractivity contribution in [2.24, 2.45) is 0 Å². The smallest absolute Gasteiger partial charge is 0.300 e. The fourth-order valence-corrected chi connectivity index (χ4v) is 4.18. The number of ketones is 1. The van der Waals surface area contributed by atoms with Gasteiger partial charge in [-0.15, -0.1) is 0 Å². The van der Waals surface area contributed by atoms with E-state index in [0.29, 0.717) is 23.6 Å². The van der Waals surface area contributed by atoms with Crippen LogP contribution < -0.4 is 9.64 Å². The molecule has 1 aliphatic heterocycles. The van der Waals surface area contributed by atoms with Crippen LogP contribution in [-0.4, -0.2) is 23.4 Å². The summed E-state index contributed by atoms with van der Waals surface area (Å²) in [5.41, 5.74) is 1.88. The number of benzene rings is 3. The highest BCUT2D eigenvalue weighted by atomic mass is 35.5. The first-order valence-corrected chi connectivity index (χ1v) is 10.8. The van der Waals surface area contributed by atoms with Gasteiger partial charge >= 0.3 is 0 Å². The van der Waals surface area contributed by atoms with Gasteiger partial charge in [0.25, 0.3) is 11.7 Å². The molecule has 168 valence electrons. The number of carbonyl (C=O) groups excluding carboxylic acids is 2. The van der Waals surface area contributed by atoms with Gasteiger partial charge in [0.05, 0.1) is 23.2 Å². The lowest BCUT2D eigenvalue weighted by atomic mass is 9.92. The van der Waals surface area contributed by atoms with Crippen molar-refractivity contribution in [1.82, 2.24) is 0 Å². The first-order valence-electron chi connectivity index (χ1n) is 10.4. The first-order chi connectivity index (χ1) is 15.8. The molecule has 1 heterocycles. The maximum absolute atomic E-state index is 13.6. The van der Waals surface area contributed by atoms with Crippen molar-refractivity contribution >= 4 is 34.7 Å². The molecule has 4 rings (SSSR count). The Hall–Kier alpha value is -3.64. The van der Waals surface area contributed by atoms with Crippen molar-refractivity contribution in [3.63, 3.8) is 0 Å². The lowest BCUT2D eigenvalue weighted by molar-refractivity contribution is -0.132. The van der Waals surface area contributed by atoms with Crippen molar-refractivity contribution < 1.29 is 23.8 Å². The fourth-order valence-electron chi connectivity index (χ4n) is 3.98. The van der Waals surface area contributed by atoms with E-state index in [1.807, 2.05) is 26.0 Å². The van der Waals surface area contributed by atoms with Gasteiger partial charge in [-0.05, 0) is 67.4 Å². The van der Waals surface area contributed by atoms with Gasteiger partial charge in [0.1, 0.15) is 17.3 Å². The fraction of sp³-hybridized carbons (Fsp3) is 0.154. The van der Waals surface area contributed by atoms with Crippen LogP contribution in [0.4, 0.5) is 10.1 Å². The van der Waals surface area contributed by atoms with Crippen LogP contribution in [0.2, 0.25) is 5.02 Å². The molecule has 33 heavy (non-hydrogen) atoms. The molecule has 1 aliphatic rings. The van der Waals surface area contributed by atoms with Crippen LogP contribution in [0.5, 0.6) is 5.75 Å². The van der Waals surface area contributed by atoms with E-state index in [0.717, 1.165) is 5.56 Å². The van der Waals surface area contributed by atoms with Crippen LogP contribution >= 0.6 is 11.6 Å². The van der Waals surface area contributed by atoms with Crippen molar-refractivity contribution in [3.05, 3.63) is 99.8 Å². The molecule has 1 unspecified atom stereocenters. The van der Waals surface area contributed by atoms with E-state index in [4.69, 9.17) is 16.3 Å². The third kappa shape index (κ3) is 4.10. The average Bonchev–Trinajstić information content (AvgIpc) is 3.06. The molecule has 7 heteroatoms. The number of halogens is 2. The van der Waals surface area contributed by atoms with E-state index in [1.54, 1.807) is 24.3 Å². The number of amides is 1. The summed E-state index contributed by atoms with van der Waals surface area (Å²) in [5, 5.41) is 11.5. The number of nitrogens with zero attached hydrogens (tertiary/aromatic N) is 1. The number of carbonyl (C=O) groups is 2. The SMILES string of the molecule is CCOc1ccc(Cl)c(/C(O)=C2\C(=O)C(=O)N(c3ccc(F)cc3)C2c2ccccc2C)c1. The first kappa shape index (κ1) is 22.6. The van der Waals surface area contributed by atoms with Gasteiger partial charge < -0.3 is 9.84 Å². The number of aliphatic hydroxyl groups excluding tert-OH is 1. The van der Waals surface area contributed by atoms with Crippen LogP contribution in [0.1, 0.15) is 29.7 Å². The Balaban J connectivity index is 1.97. The zero-order valence-electron chi connectivity index (χ0n) is 18.0. The third-order valence-corrected chi connectivity index (χ3v) is 5.87. The summed E-state index contributed by atoms with van der Waals surface area (Å²) in [6.07, 6.45) is 0. The van der Waals surface area contributed by atoms with Crippen molar-refractivity contribution in [2.75, 3.05) is 11.5 Å². The maximum atomic E-state index is 13.6. The number of aliphatic hydroxyl groups is 1. The molecule has 3 aromatic carbocycles. The summed E-state index contributed by atoms with van der Waals surface area (Å²) in [6, 6.07) is 16.3. The number of aryl methyl sites for hydroxylation is 1. The molecule has 1 atom stereocenters. The minimum Gasteiger partial charge on any atom is -0.507 e. The van der Waals surface area contributed by atoms with Gasteiger partial charge in [-0.2, -0.15) is 0 Å². The molecule has 0 spiro atoms. The summed E-state index contributed by atoms with van der Waals surface area (Å²) >= 11 is 6.35. The normalized spacial score (nSPS) is 17.5. The highest BCUT2D eigenvalue weighted by molar-refractivity contribution is 6.52. The predicted molar refractivity (Wildman–Crippen MR) is 125 cm³/mol. The lowest BCUT2D eigenvalue weighted by Gasteiger charge is -2.26. The highest BCUT2D eigenvalue weighted by Crippen LogP contribution is 2.44. The number of rotatable bonds is 5. The Bertz CT molecular complexity index is 1270. The number of hydrogen-bond donors (Lipinski definition) is 1. The predicted octanol–water partition coefficient (Wildman–Crippen LogP) is 5.81. The summed E-state index contributed by atoms with van der Waals surface area (Å²) in [7, 11) is 0. The summed E-state index contributed by atoms with van der Waals surface area (Å²) < 4.78 is 19.1. The average molecular weight is 466 g/mol. The second-order valence-electron chi connectivity index (χ2n) is 7.58. The monoisotopic (exact) mass is 465 g/mol. The number of ether oxygens (including phenoxy) is 1. The second-order valence-corrected chi connectivity index (χ2v) is 7.98. The summed E-state index contributed by atoms with van der Waals surface area (Å²) in [4.78, 5) is 27.7. The molecular weight excluding hydrogens is 445 g/mol. The van der Waals surface area contributed by atoms with Crippen LogP contribution in [0, 0.1) is 12.7 Å². The number of hydrogen-bond acceptors (Lipinski definition) is 4. The Kier molecular flexibility index (Phi) is 6.20. The second kappa shape index (κ2) is 9.08. The molecule has 0 bridgehead atoms. The zero-order valence-corrected chi connectivity index (χ0v) is 18.8. The number of anilines is 1. The molecule has 0 saturated carbocycles. The van der Waals surface area contributed by atoms with E-state index >= 15 is 0 Å². The van der Waals surface area contributed by atoms with Gasteiger partial charge in [-0.3, -0.25) is 14.5 Å². The zero-order chi connectivity index (χ0) is 23.7. The van der Waals surface area contributed by atoms with E-state index < -0.39 is 29.3 Å². The minimum absolute atomic E-state index is 0.103. The molecule has 1 amide bonds. The van der Waals surface area contributed by atoms with Crippen molar-refractivity contribution in [1.29, 1.82) is 0 Å². The molecular formula is C26H21ClFNO4. The van der Waals surface area contributed by atoms with Gasteiger partial charge in [-0.1, -0.05) is 35.9 Å². The van der Waals surface area contributed by atoms with Crippen molar-refractivity contribution in [3.8, 4) is 5.75 Å². The van der Waals surface area contributed by atoms with E-state index in [9.17, 15) is 19.1 Å². The Morgan fingerprint density at radius 1 is 1.09 bits per heavy atom. The third-order valence-electron chi connectivity index (χ3n) is 5.54.